The molecule has 1 aliphatic rings. The molecule has 0 atom stereocenters. The Kier molecular flexibility index (Phi) is 3.61. The number of benzene rings is 2. The fourth-order valence-electron chi connectivity index (χ4n) is 2.65. The third-order valence-electron chi connectivity index (χ3n) is 3.88. The predicted molar refractivity (Wildman–Crippen MR) is 84.7 cm³/mol. The standard InChI is InChI=1S/C17H18BrN/c1-12-5-7-16(8-6-12)19-17-10-14(11-17)13-3-2-4-15(18)9-13/h2-9,14,17,19H,10-11H2,1H3. The quantitative estimate of drug-likeness (QED) is 0.829. The Morgan fingerprint density at radius 1 is 1.05 bits per heavy atom. The molecule has 0 saturated heterocycles. The Bertz CT molecular complexity index is 556. The van der Waals surface area contributed by atoms with Crippen molar-refractivity contribution in [3.63, 3.8) is 0 Å². The van der Waals surface area contributed by atoms with E-state index in [1.165, 1.54) is 34.1 Å². The molecular formula is C17H18BrN. The van der Waals surface area contributed by atoms with Gasteiger partial charge in [0.15, 0.2) is 0 Å². The summed E-state index contributed by atoms with van der Waals surface area (Å²) in [5, 5.41) is 3.61. The first-order chi connectivity index (χ1) is 9.20. The van der Waals surface area contributed by atoms with E-state index in [4.69, 9.17) is 0 Å². The SMILES string of the molecule is Cc1ccc(NC2CC(c3cccc(Br)c3)C2)cc1. The van der Waals surface area contributed by atoms with Crippen molar-refractivity contribution in [1.29, 1.82) is 0 Å². The van der Waals surface area contributed by atoms with Crippen LogP contribution in [0.2, 0.25) is 0 Å². The highest BCUT2D eigenvalue weighted by molar-refractivity contribution is 9.10. The minimum absolute atomic E-state index is 0.617. The molecule has 2 heteroatoms. The van der Waals surface area contributed by atoms with Crippen LogP contribution in [0.3, 0.4) is 0 Å². The maximum absolute atomic E-state index is 3.61. The smallest absolute Gasteiger partial charge is 0.0342 e. The summed E-state index contributed by atoms with van der Waals surface area (Å²) in [5.74, 6) is 0.709. The topological polar surface area (TPSA) is 12.0 Å². The maximum Gasteiger partial charge on any atom is 0.0342 e. The lowest BCUT2D eigenvalue weighted by Gasteiger charge is -2.37. The van der Waals surface area contributed by atoms with E-state index in [9.17, 15) is 0 Å². The van der Waals surface area contributed by atoms with Gasteiger partial charge in [-0.3, -0.25) is 0 Å². The number of rotatable bonds is 3. The Morgan fingerprint density at radius 2 is 1.79 bits per heavy atom. The van der Waals surface area contributed by atoms with Crippen LogP contribution in [0.25, 0.3) is 0 Å². The summed E-state index contributed by atoms with van der Waals surface area (Å²) in [4.78, 5) is 0. The van der Waals surface area contributed by atoms with Crippen molar-refractivity contribution in [1.82, 2.24) is 0 Å². The van der Waals surface area contributed by atoms with Gasteiger partial charge in [0.05, 0.1) is 0 Å². The second-order valence-corrected chi connectivity index (χ2v) is 6.35. The normalized spacial score (nSPS) is 21.8. The molecule has 2 aromatic rings. The molecule has 1 aliphatic carbocycles. The molecule has 19 heavy (non-hydrogen) atoms. The number of hydrogen-bond donors (Lipinski definition) is 1. The van der Waals surface area contributed by atoms with Gasteiger partial charge >= 0.3 is 0 Å². The minimum Gasteiger partial charge on any atom is -0.382 e. The van der Waals surface area contributed by atoms with Crippen LogP contribution in [0, 0.1) is 6.92 Å². The van der Waals surface area contributed by atoms with Crippen LogP contribution in [-0.2, 0) is 0 Å². The average molecular weight is 316 g/mol. The molecule has 0 radical (unpaired) electrons. The Morgan fingerprint density at radius 3 is 2.47 bits per heavy atom. The summed E-state index contributed by atoms with van der Waals surface area (Å²) in [6.07, 6.45) is 2.45. The molecule has 1 saturated carbocycles. The van der Waals surface area contributed by atoms with E-state index in [1.54, 1.807) is 0 Å². The molecule has 0 bridgehead atoms. The Labute approximate surface area is 123 Å². The Balaban J connectivity index is 1.57. The van der Waals surface area contributed by atoms with Gasteiger partial charge in [0, 0.05) is 16.2 Å². The fourth-order valence-corrected chi connectivity index (χ4v) is 3.07. The zero-order valence-corrected chi connectivity index (χ0v) is 12.7. The predicted octanol–water partition coefficient (Wildman–Crippen LogP) is 5.12. The van der Waals surface area contributed by atoms with Gasteiger partial charge in [-0.15, -0.1) is 0 Å². The van der Waals surface area contributed by atoms with Crippen LogP contribution in [-0.4, -0.2) is 6.04 Å². The average Bonchev–Trinajstić information content (AvgIpc) is 2.35. The molecular weight excluding hydrogens is 298 g/mol. The monoisotopic (exact) mass is 315 g/mol. The van der Waals surface area contributed by atoms with Gasteiger partial charge in [-0.1, -0.05) is 45.8 Å². The van der Waals surface area contributed by atoms with Gasteiger partial charge in [0.1, 0.15) is 0 Å². The third kappa shape index (κ3) is 3.01. The van der Waals surface area contributed by atoms with Gasteiger partial charge in [0.2, 0.25) is 0 Å². The summed E-state index contributed by atoms with van der Waals surface area (Å²) in [6.45, 7) is 2.12. The van der Waals surface area contributed by atoms with E-state index in [0.29, 0.717) is 12.0 Å². The van der Waals surface area contributed by atoms with Crippen LogP contribution < -0.4 is 5.32 Å². The first kappa shape index (κ1) is 12.7. The molecule has 0 heterocycles. The highest BCUT2D eigenvalue weighted by Crippen LogP contribution is 2.39. The number of nitrogens with one attached hydrogen (secondary N) is 1. The molecule has 0 unspecified atom stereocenters. The van der Waals surface area contributed by atoms with Crippen molar-refractivity contribution in [2.45, 2.75) is 31.7 Å². The van der Waals surface area contributed by atoms with Crippen molar-refractivity contribution in [2.75, 3.05) is 5.32 Å². The van der Waals surface area contributed by atoms with Crippen LogP contribution in [0.15, 0.2) is 53.0 Å². The molecule has 1 N–H and O–H groups in total. The lowest BCUT2D eigenvalue weighted by molar-refractivity contribution is 0.374. The van der Waals surface area contributed by atoms with Crippen LogP contribution in [0.5, 0.6) is 0 Å². The molecule has 1 fully saturated rings. The lowest BCUT2D eigenvalue weighted by atomic mass is 9.76. The van der Waals surface area contributed by atoms with E-state index in [0.717, 1.165) is 0 Å². The van der Waals surface area contributed by atoms with Crippen LogP contribution in [0.4, 0.5) is 5.69 Å². The van der Waals surface area contributed by atoms with Gasteiger partial charge in [-0.05, 0) is 55.5 Å². The van der Waals surface area contributed by atoms with Gasteiger partial charge in [0.25, 0.3) is 0 Å². The molecule has 0 amide bonds. The zero-order valence-electron chi connectivity index (χ0n) is 11.1. The zero-order chi connectivity index (χ0) is 13.2. The van der Waals surface area contributed by atoms with Gasteiger partial charge in [-0.25, -0.2) is 0 Å². The lowest BCUT2D eigenvalue weighted by Crippen LogP contribution is -2.33. The Hall–Kier alpha value is -1.28. The molecule has 0 aromatic heterocycles. The van der Waals surface area contributed by atoms with Crippen LogP contribution >= 0.6 is 15.9 Å². The second kappa shape index (κ2) is 5.38. The van der Waals surface area contributed by atoms with Gasteiger partial charge in [-0.2, -0.15) is 0 Å². The van der Waals surface area contributed by atoms with E-state index >= 15 is 0 Å². The minimum atomic E-state index is 0.617. The van der Waals surface area contributed by atoms with E-state index < -0.39 is 0 Å². The van der Waals surface area contributed by atoms with Crippen molar-refractivity contribution in [2.24, 2.45) is 0 Å². The summed E-state index contributed by atoms with van der Waals surface area (Å²) in [6, 6.07) is 18.0. The number of halogens is 1. The number of hydrogen-bond acceptors (Lipinski definition) is 1. The molecule has 2 aromatic carbocycles. The second-order valence-electron chi connectivity index (χ2n) is 5.43. The van der Waals surface area contributed by atoms with Gasteiger partial charge < -0.3 is 5.32 Å². The molecule has 3 rings (SSSR count). The molecule has 1 nitrogen and oxygen atoms in total. The van der Waals surface area contributed by atoms with E-state index in [1.807, 2.05) is 0 Å². The van der Waals surface area contributed by atoms with Crippen LogP contribution in [0.1, 0.15) is 29.9 Å². The third-order valence-corrected chi connectivity index (χ3v) is 4.37. The van der Waals surface area contributed by atoms with E-state index in [2.05, 4.69) is 76.7 Å². The van der Waals surface area contributed by atoms with Crippen molar-refractivity contribution in [3.05, 3.63) is 64.1 Å². The van der Waals surface area contributed by atoms with Crippen molar-refractivity contribution in [3.8, 4) is 0 Å². The summed E-state index contributed by atoms with van der Waals surface area (Å²) in [5.41, 5.74) is 4.01. The fraction of sp³-hybridized carbons (Fsp3) is 0.294. The molecule has 0 spiro atoms. The number of aryl methyl sites for hydroxylation is 1. The van der Waals surface area contributed by atoms with Crippen molar-refractivity contribution >= 4 is 21.6 Å². The summed E-state index contributed by atoms with van der Waals surface area (Å²) < 4.78 is 1.18. The first-order valence-electron chi connectivity index (χ1n) is 6.79. The number of anilines is 1. The highest BCUT2D eigenvalue weighted by Gasteiger charge is 2.30. The summed E-state index contributed by atoms with van der Waals surface area (Å²) in [7, 11) is 0. The highest BCUT2D eigenvalue weighted by atomic mass is 79.9. The molecule has 0 aliphatic heterocycles. The summed E-state index contributed by atoms with van der Waals surface area (Å²) >= 11 is 3.54. The largest absolute Gasteiger partial charge is 0.382 e. The maximum atomic E-state index is 3.61. The van der Waals surface area contributed by atoms with E-state index in [-0.39, 0.29) is 0 Å². The molecule has 98 valence electrons. The first-order valence-corrected chi connectivity index (χ1v) is 7.59. The van der Waals surface area contributed by atoms with Crippen molar-refractivity contribution < 1.29 is 0 Å².